The first-order valence-corrected chi connectivity index (χ1v) is 9.87. The van der Waals surface area contributed by atoms with Crippen LogP contribution in [0.2, 0.25) is 0 Å². The van der Waals surface area contributed by atoms with Gasteiger partial charge in [-0.2, -0.15) is 0 Å². The van der Waals surface area contributed by atoms with E-state index in [1.807, 2.05) is 13.0 Å². The second kappa shape index (κ2) is 5.73. The molecule has 0 bridgehead atoms. The molecule has 0 atom stereocenters. The quantitative estimate of drug-likeness (QED) is 0.928. The Hall–Kier alpha value is -1.86. The van der Waals surface area contributed by atoms with E-state index in [-0.39, 0.29) is 9.79 Å². The van der Waals surface area contributed by atoms with Crippen LogP contribution in [-0.2, 0) is 19.9 Å². The van der Waals surface area contributed by atoms with E-state index in [0.717, 1.165) is 23.4 Å². The lowest BCUT2D eigenvalue weighted by atomic mass is 10.1. The Kier molecular flexibility index (Phi) is 4.30. The SMILES string of the molecule is Cc1ccc(NS(=O)(=O)c2cccc(S(C)(=O)=O)c2)c(C)c1. The van der Waals surface area contributed by atoms with Crippen molar-refractivity contribution in [2.24, 2.45) is 0 Å². The highest BCUT2D eigenvalue weighted by Crippen LogP contribution is 2.22. The summed E-state index contributed by atoms with van der Waals surface area (Å²) >= 11 is 0. The number of anilines is 1. The number of rotatable bonds is 4. The third-order valence-corrected chi connectivity index (χ3v) is 5.64. The molecule has 0 aliphatic carbocycles. The molecule has 5 nitrogen and oxygen atoms in total. The zero-order chi connectivity index (χ0) is 16.5. The lowest BCUT2D eigenvalue weighted by molar-refractivity contribution is 0.599. The van der Waals surface area contributed by atoms with Gasteiger partial charge in [-0.05, 0) is 43.7 Å². The first-order valence-electron chi connectivity index (χ1n) is 6.50. The molecule has 0 fully saturated rings. The fraction of sp³-hybridized carbons (Fsp3) is 0.200. The van der Waals surface area contributed by atoms with Crippen molar-refractivity contribution in [2.45, 2.75) is 23.6 Å². The molecule has 0 amide bonds. The minimum Gasteiger partial charge on any atom is -0.279 e. The molecule has 2 rings (SSSR count). The standard InChI is InChI=1S/C15H17NO4S2/c1-11-7-8-15(12(2)9-11)16-22(19,20)14-6-4-5-13(10-14)21(3,17)18/h4-10,16H,1-3H3. The van der Waals surface area contributed by atoms with Crippen LogP contribution >= 0.6 is 0 Å². The Labute approximate surface area is 131 Å². The number of sulfonamides is 1. The van der Waals surface area contributed by atoms with Gasteiger partial charge in [-0.3, -0.25) is 4.72 Å². The van der Waals surface area contributed by atoms with Crippen molar-refractivity contribution in [3.05, 3.63) is 53.6 Å². The van der Waals surface area contributed by atoms with Crippen molar-refractivity contribution in [3.8, 4) is 0 Å². The molecular weight excluding hydrogens is 322 g/mol. The Morgan fingerprint density at radius 1 is 0.864 bits per heavy atom. The normalized spacial score (nSPS) is 12.1. The van der Waals surface area contributed by atoms with Crippen LogP contribution in [-0.4, -0.2) is 23.1 Å². The van der Waals surface area contributed by atoms with Crippen molar-refractivity contribution < 1.29 is 16.8 Å². The van der Waals surface area contributed by atoms with E-state index in [2.05, 4.69) is 4.72 Å². The predicted molar refractivity (Wildman–Crippen MR) is 86.3 cm³/mol. The average Bonchev–Trinajstić information content (AvgIpc) is 2.41. The number of aryl methyl sites for hydroxylation is 2. The predicted octanol–water partition coefficient (Wildman–Crippen LogP) is 2.51. The molecule has 0 heterocycles. The molecule has 2 aromatic carbocycles. The first-order chi connectivity index (χ1) is 10.1. The van der Waals surface area contributed by atoms with Crippen LogP contribution in [0.4, 0.5) is 5.69 Å². The minimum atomic E-state index is -3.85. The lowest BCUT2D eigenvalue weighted by Gasteiger charge is -2.11. The largest absolute Gasteiger partial charge is 0.279 e. The monoisotopic (exact) mass is 339 g/mol. The highest BCUT2D eigenvalue weighted by Gasteiger charge is 2.18. The molecule has 22 heavy (non-hydrogen) atoms. The maximum atomic E-state index is 12.4. The maximum absolute atomic E-state index is 12.4. The summed E-state index contributed by atoms with van der Waals surface area (Å²) in [4.78, 5) is -0.119. The van der Waals surface area contributed by atoms with Crippen molar-refractivity contribution >= 4 is 25.5 Å². The summed E-state index contributed by atoms with van der Waals surface area (Å²) < 4.78 is 50.4. The van der Waals surface area contributed by atoms with Gasteiger partial charge in [0.15, 0.2) is 9.84 Å². The first kappa shape index (κ1) is 16.5. The number of sulfone groups is 1. The third kappa shape index (κ3) is 3.66. The summed E-state index contributed by atoms with van der Waals surface area (Å²) in [5.74, 6) is 0. The van der Waals surface area contributed by atoms with Crippen LogP contribution in [0.1, 0.15) is 11.1 Å². The Morgan fingerprint density at radius 3 is 2.09 bits per heavy atom. The Bertz CT molecular complexity index is 916. The van der Waals surface area contributed by atoms with Gasteiger partial charge in [0.1, 0.15) is 0 Å². The summed E-state index contributed by atoms with van der Waals surface area (Å²) in [5.41, 5.74) is 2.29. The molecular formula is C15H17NO4S2. The van der Waals surface area contributed by atoms with E-state index in [0.29, 0.717) is 5.69 Å². The van der Waals surface area contributed by atoms with Crippen molar-refractivity contribution in [1.82, 2.24) is 0 Å². The minimum absolute atomic E-state index is 0.0315. The zero-order valence-corrected chi connectivity index (χ0v) is 14.1. The molecule has 0 unspecified atom stereocenters. The molecule has 2 aromatic rings. The van der Waals surface area contributed by atoms with E-state index < -0.39 is 19.9 Å². The smallest absolute Gasteiger partial charge is 0.261 e. The van der Waals surface area contributed by atoms with Crippen LogP contribution in [0.5, 0.6) is 0 Å². The van der Waals surface area contributed by atoms with Gasteiger partial charge in [0.05, 0.1) is 15.5 Å². The van der Waals surface area contributed by atoms with Gasteiger partial charge < -0.3 is 0 Å². The van der Waals surface area contributed by atoms with Crippen LogP contribution in [0.3, 0.4) is 0 Å². The highest BCUT2D eigenvalue weighted by molar-refractivity contribution is 7.93. The van der Waals surface area contributed by atoms with Crippen molar-refractivity contribution in [2.75, 3.05) is 11.0 Å². The zero-order valence-electron chi connectivity index (χ0n) is 12.5. The highest BCUT2D eigenvalue weighted by atomic mass is 32.2. The molecule has 0 aromatic heterocycles. The summed E-state index contributed by atoms with van der Waals surface area (Å²) in [5, 5.41) is 0. The van der Waals surface area contributed by atoms with Gasteiger partial charge in [-0.15, -0.1) is 0 Å². The van der Waals surface area contributed by atoms with Gasteiger partial charge in [0.2, 0.25) is 0 Å². The topological polar surface area (TPSA) is 80.3 Å². The molecule has 118 valence electrons. The summed E-state index contributed by atoms with van der Waals surface area (Å²) in [6.07, 6.45) is 1.04. The number of hydrogen-bond acceptors (Lipinski definition) is 4. The van der Waals surface area contributed by atoms with Crippen LogP contribution in [0.25, 0.3) is 0 Å². The van der Waals surface area contributed by atoms with Crippen molar-refractivity contribution in [1.29, 1.82) is 0 Å². The molecule has 0 radical (unpaired) electrons. The molecule has 0 saturated carbocycles. The third-order valence-electron chi connectivity index (χ3n) is 3.17. The average molecular weight is 339 g/mol. The van der Waals surface area contributed by atoms with E-state index in [4.69, 9.17) is 0 Å². The summed E-state index contributed by atoms with van der Waals surface area (Å²) in [6, 6.07) is 10.6. The van der Waals surface area contributed by atoms with Crippen molar-refractivity contribution in [3.63, 3.8) is 0 Å². The van der Waals surface area contributed by atoms with Gasteiger partial charge in [0, 0.05) is 6.26 Å². The second-order valence-corrected chi connectivity index (χ2v) is 8.87. The second-order valence-electron chi connectivity index (χ2n) is 5.17. The lowest BCUT2D eigenvalue weighted by Crippen LogP contribution is -2.14. The van der Waals surface area contributed by atoms with Crippen LogP contribution < -0.4 is 4.72 Å². The van der Waals surface area contributed by atoms with E-state index in [9.17, 15) is 16.8 Å². The molecule has 0 spiro atoms. The van der Waals surface area contributed by atoms with E-state index in [1.54, 1.807) is 19.1 Å². The Balaban J connectivity index is 2.43. The van der Waals surface area contributed by atoms with Gasteiger partial charge in [0.25, 0.3) is 10.0 Å². The fourth-order valence-electron chi connectivity index (χ4n) is 2.00. The molecule has 0 aliphatic rings. The van der Waals surface area contributed by atoms with Crippen LogP contribution in [0, 0.1) is 13.8 Å². The number of hydrogen-bond donors (Lipinski definition) is 1. The number of benzene rings is 2. The van der Waals surface area contributed by atoms with Gasteiger partial charge >= 0.3 is 0 Å². The number of nitrogens with one attached hydrogen (secondary N) is 1. The molecule has 1 N–H and O–H groups in total. The Morgan fingerprint density at radius 2 is 1.50 bits per heavy atom. The molecule has 0 aliphatic heterocycles. The molecule has 0 saturated heterocycles. The van der Waals surface area contributed by atoms with Gasteiger partial charge in [-0.25, -0.2) is 16.8 Å². The van der Waals surface area contributed by atoms with Crippen LogP contribution in [0.15, 0.2) is 52.3 Å². The van der Waals surface area contributed by atoms with E-state index >= 15 is 0 Å². The fourth-order valence-corrected chi connectivity index (χ4v) is 3.92. The summed E-state index contributed by atoms with van der Waals surface area (Å²) in [6.45, 7) is 3.72. The van der Waals surface area contributed by atoms with Gasteiger partial charge in [-0.1, -0.05) is 23.8 Å². The van der Waals surface area contributed by atoms with E-state index in [1.165, 1.54) is 18.2 Å². The summed E-state index contributed by atoms with van der Waals surface area (Å²) in [7, 11) is -7.31. The maximum Gasteiger partial charge on any atom is 0.261 e. The molecule has 7 heteroatoms.